The van der Waals surface area contributed by atoms with Crippen LogP contribution >= 0.6 is 0 Å². The first kappa shape index (κ1) is 20.0. The number of aromatic nitrogens is 3. The number of rotatable bonds is 6. The fourth-order valence-corrected chi connectivity index (χ4v) is 3.08. The Morgan fingerprint density at radius 3 is 2.35 bits per heavy atom. The number of ether oxygens (including phenoxy) is 1. The van der Waals surface area contributed by atoms with Gasteiger partial charge in [-0.2, -0.15) is 5.10 Å². The highest BCUT2D eigenvalue weighted by Gasteiger charge is 2.19. The van der Waals surface area contributed by atoms with Gasteiger partial charge in [0.1, 0.15) is 5.69 Å². The molecule has 0 radical (unpaired) electrons. The molecule has 0 unspecified atom stereocenters. The van der Waals surface area contributed by atoms with Crippen molar-refractivity contribution in [3.05, 3.63) is 96.4 Å². The van der Waals surface area contributed by atoms with Gasteiger partial charge in [0.2, 0.25) is 0 Å². The van der Waals surface area contributed by atoms with Crippen LogP contribution in [0, 0.1) is 0 Å². The first-order chi connectivity index (χ1) is 15.2. The van der Waals surface area contributed by atoms with Crippen molar-refractivity contribution < 1.29 is 14.3 Å². The molecule has 1 amide bonds. The normalized spacial score (nSPS) is 10.5. The minimum atomic E-state index is -0.399. The Hall–Kier alpha value is -4.26. The van der Waals surface area contributed by atoms with Crippen LogP contribution in [0.5, 0.6) is 0 Å². The van der Waals surface area contributed by atoms with E-state index in [1.54, 1.807) is 54.5 Å². The lowest BCUT2D eigenvalue weighted by Crippen LogP contribution is -2.12. The van der Waals surface area contributed by atoms with Crippen LogP contribution < -0.4 is 5.32 Å². The van der Waals surface area contributed by atoms with E-state index < -0.39 is 5.97 Å². The lowest BCUT2D eigenvalue weighted by Gasteiger charge is -2.07. The number of nitrogens with one attached hydrogen (secondary N) is 1. The highest BCUT2D eigenvalue weighted by atomic mass is 16.5. The van der Waals surface area contributed by atoms with Crippen LogP contribution in [0.3, 0.4) is 0 Å². The van der Waals surface area contributed by atoms with Gasteiger partial charge < -0.3 is 10.1 Å². The number of amides is 1. The number of hydrogen-bond acceptors (Lipinski definition) is 5. The molecule has 0 aliphatic rings. The molecule has 0 aliphatic carbocycles. The summed E-state index contributed by atoms with van der Waals surface area (Å²) in [5, 5.41) is 7.51. The van der Waals surface area contributed by atoms with Crippen molar-refractivity contribution in [2.45, 2.75) is 6.92 Å². The second-order valence-corrected chi connectivity index (χ2v) is 6.66. The Kier molecular flexibility index (Phi) is 5.84. The first-order valence-electron chi connectivity index (χ1n) is 9.79. The van der Waals surface area contributed by atoms with E-state index >= 15 is 0 Å². The van der Waals surface area contributed by atoms with Gasteiger partial charge in [-0.3, -0.25) is 9.78 Å². The van der Waals surface area contributed by atoms with Crippen LogP contribution in [0.4, 0.5) is 5.69 Å². The van der Waals surface area contributed by atoms with Crippen molar-refractivity contribution in [3.63, 3.8) is 0 Å². The summed E-state index contributed by atoms with van der Waals surface area (Å²) in [6.07, 6.45) is 5.02. The summed E-state index contributed by atoms with van der Waals surface area (Å²) in [6, 6.07) is 19.8. The summed E-state index contributed by atoms with van der Waals surface area (Å²) in [6.45, 7) is 2.06. The summed E-state index contributed by atoms with van der Waals surface area (Å²) in [5.41, 5.74) is 3.58. The Balaban J connectivity index is 1.64. The van der Waals surface area contributed by atoms with Crippen molar-refractivity contribution in [2.75, 3.05) is 11.9 Å². The fourth-order valence-electron chi connectivity index (χ4n) is 3.08. The third-order valence-electron chi connectivity index (χ3n) is 4.59. The number of anilines is 1. The molecule has 4 rings (SSSR count). The molecule has 2 heterocycles. The van der Waals surface area contributed by atoms with E-state index in [0.29, 0.717) is 29.1 Å². The highest BCUT2D eigenvalue weighted by molar-refractivity contribution is 6.08. The quantitative estimate of drug-likeness (QED) is 0.476. The lowest BCUT2D eigenvalue weighted by atomic mass is 10.1. The van der Waals surface area contributed by atoms with E-state index in [-0.39, 0.29) is 5.91 Å². The maximum absolute atomic E-state index is 13.1. The van der Waals surface area contributed by atoms with Gasteiger partial charge in [-0.25, -0.2) is 9.48 Å². The largest absolute Gasteiger partial charge is 0.462 e. The summed E-state index contributed by atoms with van der Waals surface area (Å²) in [4.78, 5) is 29.0. The predicted molar refractivity (Wildman–Crippen MR) is 117 cm³/mol. The van der Waals surface area contributed by atoms with Gasteiger partial charge in [-0.1, -0.05) is 18.2 Å². The van der Waals surface area contributed by atoms with E-state index in [4.69, 9.17) is 4.74 Å². The number of esters is 1. The molecule has 0 aliphatic heterocycles. The van der Waals surface area contributed by atoms with E-state index in [0.717, 1.165) is 11.3 Å². The highest BCUT2D eigenvalue weighted by Crippen LogP contribution is 2.24. The molecule has 2 aromatic carbocycles. The molecule has 7 heteroatoms. The average molecular weight is 412 g/mol. The molecule has 0 spiro atoms. The zero-order chi connectivity index (χ0) is 21.6. The van der Waals surface area contributed by atoms with Gasteiger partial charge in [-0.05, 0) is 55.5 Å². The predicted octanol–water partition coefficient (Wildman–Crippen LogP) is 4.36. The van der Waals surface area contributed by atoms with Crippen LogP contribution in [0.15, 0.2) is 85.3 Å². The third-order valence-corrected chi connectivity index (χ3v) is 4.59. The minimum absolute atomic E-state index is 0.306. The second-order valence-electron chi connectivity index (χ2n) is 6.66. The smallest absolute Gasteiger partial charge is 0.338 e. The van der Waals surface area contributed by atoms with Crippen molar-refractivity contribution in [1.82, 2.24) is 14.8 Å². The number of para-hydroxylation sites is 1. The van der Waals surface area contributed by atoms with E-state index in [1.807, 2.05) is 42.5 Å². The lowest BCUT2D eigenvalue weighted by molar-refractivity contribution is 0.0526. The van der Waals surface area contributed by atoms with Crippen LogP contribution in [-0.4, -0.2) is 33.2 Å². The monoisotopic (exact) mass is 412 g/mol. The summed E-state index contributed by atoms with van der Waals surface area (Å²) in [7, 11) is 0. The first-order valence-corrected chi connectivity index (χ1v) is 9.79. The molecule has 0 fully saturated rings. The summed E-state index contributed by atoms with van der Waals surface area (Å²) >= 11 is 0. The van der Waals surface area contributed by atoms with Crippen LogP contribution in [0.1, 0.15) is 27.6 Å². The Morgan fingerprint density at radius 2 is 1.68 bits per heavy atom. The minimum Gasteiger partial charge on any atom is -0.462 e. The molecule has 1 N–H and O–H groups in total. The zero-order valence-electron chi connectivity index (χ0n) is 16.9. The van der Waals surface area contributed by atoms with E-state index in [9.17, 15) is 9.59 Å². The molecule has 0 bridgehead atoms. The Morgan fingerprint density at radius 1 is 0.968 bits per heavy atom. The van der Waals surface area contributed by atoms with Gasteiger partial charge in [0.15, 0.2) is 0 Å². The molecule has 7 nitrogen and oxygen atoms in total. The number of carbonyl (C=O) groups is 2. The molecular formula is C24H20N4O3. The zero-order valence-corrected chi connectivity index (χ0v) is 16.9. The molecule has 0 saturated heterocycles. The molecule has 2 aromatic heterocycles. The third kappa shape index (κ3) is 4.51. The number of benzene rings is 2. The second kappa shape index (κ2) is 9.04. The van der Waals surface area contributed by atoms with Crippen molar-refractivity contribution in [2.24, 2.45) is 0 Å². The van der Waals surface area contributed by atoms with Gasteiger partial charge in [0.05, 0.1) is 23.4 Å². The van der Waals surface area contributed by atoms with Crippen molar-refractivity contribution >= 4 is 17.6 Å². The Labute approximate surface area is 179 Å². The number of nitrogens with zero attached hydrogens (tertiary/aromatic N) is 3. The van der Waals surface area contributed by atoms with Crippen LogP contribution in [-0.2, 0) is 4.74 Å². The molecule has 4 aromatic rings. The molecule has 31 heavy (non-hydrogen) atoms. The van der Waals surface area contributed by atoms with E-state index in [1.165, 1.54) is 0 Å². The average Bonchev–Trinajstić information content (AvgIpc) is 3.27. The van der Waals surface area contributed by atoms with Crippen molar-refractivity contribution in [1.29, 1.82) is 0 Å². The van der Waals surface area contributed by atoms with Gasteiger partial charge in [-0.15, -0.1) is 0 Å². The summed E-state index contributed by atoms with van der Waals surface area (Å²) in [5.74, 6) is -0.706. The van der Waals surface area contributed by atoms with Gasteiger partial charge >= 0.3 is 5.97 Å². The standard InChI is InChI=1S/C24H20N4O3/c1-2-31-24(30)18-8-10-19(11-9-18)26-23(29)21-16-28(20-6-4-3-5-7-20)27-22(21)17-12-14-25-15-13-17/h3-16H,2H2,1H3,(H,26,29). The molecule has 0 atom stereocenters. The van der Waals surface area contributed by atoms with Gasteiger partial charge in [0.25, 0.3) is 5.91 Å². The van der Waals surface area contributed by atoms with Crippen LogP contribution in [0.25, 0.3) is 16.9 Å². The number of carbonyl (C=O) groups excluding carboxylic acids is 2. The van der Waals surface area contributed by atoms with Gasteiger partial charge in [0, 0.05) is 29.8 Å². The molecule has 154 valence electrons. The number of hydrogen-bond donors (Lipinski definition) is 1. The topological polar surface area (TPSA) is 86.1 Å². The maximum atomic E-state index is 13.1. The Bertz CT molecular complexity index is 1190. The van der Waals surface area contributed by atoms with Crippen LogP contribution in [0.2, 0.25) is 0 Å². The summed E-state index contributed by atoms with van der Waals surface area (Å²) < 4.78 is 6.66. The number of pyridine rings is 1. The fraction of sp³-hybridized carbons (Fsp3) is 0.0833. The molecule has 0 saturated carbocycles. The van der Waals surface area contributed by atoms with E-state index in [2.05, 4.69) is 15.4 Å². The maximum Gasteiger partial charge on any atom is 0.338 e. The van der Waals surface area contributed by atoms with Crippen molar-refractivity contribution in [3.8, 4) is 16.9 Å². The SMILES string of the molecule is CCOC(=O)c1ccc(NC(=O)c2cn(-c3ccccc3)nc2-c2ccncc2)cc1. The molecular weight excluding hydrogens is 392 g/mol.